The molecule has 148 valence electrons. The number of nitrogens with zero attached hydrogens (tertiary/aromatic N) is 3. The minimum Gasteiger partial charge on any atom is -0.463 e. The van der Waals surface area contributed by atoms with Gasteiger partial charge in [-0.2, -0.15) is 0 Å². The molecule has 1 atom stereocenters. The Bertz CT molecular complexity index is 1140. The van der Waals surface area contributed by atoms with Gasteiger partial charge in [0.1, 0.15) is 15.2 Å². The molecule has 0 fully saturated rings. The highest BCUT2D eigenvalue weighted by Gasteiger charge is 2.29. The largest absolute Gasteiger partial charge is 0.463 e. The van der Waals surface area contributed by atoms with Gasteiger partial charge in [0, 0.05) is 11.8 Å². The summed E-state index contributed by atoms with van der Waals surface area (Å²) in [5.74, 6) is -0.681. The molecule has 0 bridgehead atoms. The molecule has 0 radical (unpaired) electrons. The van der Waals surface area contributed by atoms with Crippen LogP contribution in [0.5, 0.6) is 0 Å². The highest BCUT2D eigenvalue weighted by Crippen LogP contribution is 2.23. The summed E-state index contributed by atoms with van der Waals surface area (Å²) in [7, 11) is 0. The lowest BCUT2D eigenvalue weighted by Gasteiger charge is -2.21. The monoisotopic (exact) mass is 405 g/mol. The van der Waals surface area contributed by atoms with E-state index in [1.54, 1.807) is 13.8 Å². The number of ether oxygens (including phenoxy) is 1. The standard InChI is InChI=1S/C18H19N3O6S/c1-4-6-12-15(17(23)26-5-2)10(3)20-16(22)13(28-18(20)19-12)9-11-7-8-14(27-11)21(24)25/h7-9,12H,4-6H2,1-3H3. The Balaban J connectivity index is 2.16. The first-order valence-electron chi connectivity index (χ1n) is 8.81. The lowest BCUT2D eigenvalue weighted by atomic mass is 10.00. The van der Waals surface area contributed by atoms with Crippen molar-refractivity contribution in [1.29, 1.82) is 0 Å². The number of hydrogen-bond acceptors (Lipinski definition) is 8. The third-order valence-electron chi connectivity index (χ3n) is 4.25. The van der Waals surface area contributed by atoms with E-state index in [2.05, 4.69) is 4.99 Å². The van der Waals surface area contributed by atoms with Crippen LogP contribution < -0.4 is 14.9 Å². The molecule has 1 aliphatic heterocycles. The Morgan fingerprint density at radius 2 is 2.21 bits per heavy atom. The zero-order valence-corrected chi connectivity index (χ0v) is 16.4. The van der Waals surface area contributed by atoms with Crippen LogP contribution in [0.3, 0.4) is 0 Å². The summed E-state index contributed by atoms with van der Waals surface area (Å²) in [6.45, 7) is 5.64. The second-order valence-electron chi connectivity index (χ2n) is 6.12. The van der Waals surface area contributed by atoms with Crippen molar-refractivity contribution >= 4 is 35.0 Å². The van der Waals surface area contributed by atoms with Crippen molar-refractivity contribution in [2.45, 2.75) is 39.7 Å². The molecule has 0 saturated carbocycles. The van der Waals surface area contributed by atoms with Crippen LogP contribution in [0.2, 0.25) is 0 Å². The first-order chi connectivity index (χ1) is 13.4. The summed E-state index contributed by atoms with van der Waals surface area (Å²) in [4.78, 5) is 40.5. The number of carbonyl (C=O) groups is 1. The summed E-state index contributed by atoms with van der Waals surface area (Å²) in [5, 5.41) is 10.8. The molecule has 2 aromatic rings. The summed E-state index contributed by atoms with van der Waals surface area (Å²) in [6.07, 6.45) is 2.91. The molecule has 3 rings (SSSR count). The molecule has 0 aliphatic carbocycles. The van der Waals surface area contributed by atoms with E-state index in [-0.39, 0.29) is 24.0 Å². The van der Waals surface area contributed by atoms with Gasteiger partial charge >= 0.3 is 11.9 Å². The first kappa shape index (κ1) is 19.7. The van der Waals surface area contributed by atoms with Gasteiger partial charge in [-0.25, -0.2) is 9.79 Å². The molecule has 3 heterocycles. The van der Waals surface area contributed by atoms with Crippen molar-refractivity contribution in [3.63, 3.8) is 0 Å². The number of fused-ring (bicyclic) bond motifs is 1. The van der Waals surface area contributed by atoms with Crippen LogP contribution in [0.15, 0.2) is 31.9 Å². The van der Waals surface area contributed by atoms with Crippen LogP contribution in [-0.4, -0.2) is 28.1 Å². The fourth-order valence-electron chi connectivity index (χ4n) is 3.04. The Kier molecular flexibility index (Phi) is 5.59. The van der Waals surface area contributed by atoms with Gasteiger partial charge < -0.3 is 9.15 Å². The maximum Gasteiger partial charge on any atom is 0.433 e. The Hall–Kier alpha value is -3.01. The van der Waals surface area contributed by atoms with Crippen LogP contribution in [0.1, 0.15) is 39.4 Å². The number of aromatic nitrogens is 1. The number of furan rings is 1. The number of allylic oxidation sites excluding steroid dienone is 1. The van der Waals surface area contributed by atoms with Gasteiger partial charge in [-0.1, -0.05) is 24.7 Å². The second kappa shape index (κ2) is 7.93. The van der Waals surface area contributed by atoms with Crippen LogP contribution >= 0.6 is 11.3 Å². The van der Waals surface area contributed by atoms with Crippen molar-refractivity contribution in [2.24, 2.45) is 4.99 Å². The molecule has 0 aromatic carbocycles. The van der Waals surface area contributed by atoms with Gasteiger partial charge in [-0.3, -0.25) is 19.5 Å². The number of rotatable bonds is 6. The predicted molar refractivity (Wildman–Crippen MR) is 103 cm³/mol. The summed E-state index contributed by atoms with van der Waals surface area (Å²) >= 11 is 1.15. The normalized spacial score (nSPS) is 16.7. The number of esters is 1. The van der Waals surface area contributed by atoms with Gasteiger partial charge in [0.25, 0.3) is 5.56 Å². The van der Waals surface area contributed by atoms with Gasteiger partial charge in [-0.15, -0.1) is 0 Å². The van der Waals surface area contributed by atoms with Crippen molar-refractivity contribution in [1.82, 2.24) is 4.57 Å². The third kappa shape index (κ3) is 3.55. The van der Waals surface area contributed by atoms with Gasteiger partial charge in [-0.05, 0) is 26.3 Å². The van der Waals surface area contributed by atoms with Crippen LogP contribution in [0, 0.1) is 10.1 Å². The number of carbonyl (C=O) groups excluding carboxylic acids is 1. The number of hydrogen-bond donors (Lipinski definition) is 0. The highest BCUT2D eigenvalue weighted by molar-refractivity contribution is 7.07. The molecule has 0 spiro atoms. The minimum atomic E-state index is -0.646. The van der Waals surface area contributed by atoms with E-state index in [0.717, 1.165) is 17.8 Å². The Morgan fingerprint density at radius 3 is 2.82 bits per heavy atom. The Morgan fingerprint density at radius 1 is 1.46 bits per heavy atom. The average molecular weight is 405 g/mol. The molecule has 1 aliphatic rings. The quantitative estimate of drug-likeness (QED) is 0.411. The van der Waals surface area contributed by atoms with Crippen molar-refractivity contribution in [3.05, 3.63) is 53.3 Å². The van der Waals surface area contributed by atoms with Gasteiger partial charge in [0.05, 0.1) is 24.3 Å². The van der Waals surface area contributed by atoms with E-state index >= 15 is 0 Å². The van der Waals surface area contributed by atoms with Crippen LogP contribution in [-0.2, 0) is 9.53 Å². The van der Waals surface area contributed by atoms with Gasteiger partial charge in [0.2, 0.25) is 0 Å². The van der Waals surface area contributed by atoms with E-state index < -0.39 is 16.8 Å². The molecule has 0 saturated heterocycles. The van der Waals surface area contributed by atoms with Crippen molar-refractivity contribution in [3.8, 4) is 0 Å². The predicted octanol–water partition coefficient (Wildman–Crippen LogP) is 1.84. The fraction of sp³-hybridized carbons (Fsp3) is 0.389. The molecule has 0 N–H and O–H groups in total. The zero-order valence-electron chi connectivity index (χ0n) is 15.6. The molecule has 2 aromatic heterocycles. The van der Waals surface area contributed by atoms with E-state index in [0.29, 0.717) is 27.0 Å². The zero-order chi connectivity index (χ0) is 20.4. The third-order valence-corrected chi connectivity index (χ3v) is 5.24. The van der Waals surface area contributed by atoms with Crippen LogP contribution in [0.25, 0.3) is 11.8 Å². The van der Waals surface area contributed by atoms with Gasteiger partial charge in [0.15, 0.2) is 4.80 Å². The smallest absolute Gasteiger partial charge is 0.433 e. The molecule has 1 unspecified atom stereocenters. The highest BCUT2D eigenvalue weighted by atomic mass is 32.1. The lowest BCUT2D eigenvalue weighted by Crippen LogP contribution is -2.37. The van der Waals surface area contributed by atoms with Crippen molar-refractivity contribution < 1.29 is 18.9 Å². The molecule has 0 amide bonds. The lowest BCUT2D eigenvalue weighted by molar-refractivity contribution is -0.402. The van der Waals surface area contributed by atoms with E-state index in [4.69, 9.17) is 9.15 Å². The Labute approximate surface area is 163 Å². The maximum atomic E-state index is 12.9. The average Bonchev–Trinajstić information content (AvgIpc) is 3.21. The molecule has 10 heteroatoms. The number of nitro groups is 1. The topological polar surface area (TPSA) is 117 Å². The van der Waals surface area contributed by atoms with Crippen molar-refractivity contribution in [2.75, 3.05) is 6.61 Å². The minimum absolute atomic E-state index is 0.195. The number of thiazole rings is 1. The van der Waals surface area contributed by atoms with Crippen LogP contribution in [0.4, 0.5) is 5.88 Å². The molecular formula is C18H19N3O6S. The maximum absolute atomic E-state index is 12.9. The SMILES string of the molecule is CCCC1N=c2sc(=Cc3ccc([N+](=O)[O-])o3)c(=O)n2C(C)=C1C(=O)OCC. The van der Waals surface area contributed by atoms with E-state index in [9.17, 15) is 19.7 Å². The second-order valence-corrected chi connectivity index (χ2v) is 7.13. The molecule has 28 heavy (non-hydrogen) atoms. The summed E-state index contributed by atoms with van der Waals surface area (Å²) in [5.41, 5.74) is 0.515. The fourth-order valence-corrected chi connectivity index (χ4v) is 4.08. The molecular weight excluding hydrogens is 386 g/mol. The van der Waals surface area contributed by atoms with E-state index in [1.165, 1.54) is 22.8 Å². The summed E-state index contributed by atoms with van der Waals surface area (Å²) < 4.78 is 11.9. The van der Waals surface area contributed by atoms with E-state index in [1.807, 2.05) is 6.92 Å². The molecule has 9 nitrogen and oxygen atoms in total. The first-order valence-corrected chi connectivity index (χ1v) is 9.62. The summed E-state index contributed by atoms with van der Waals surface area (Å²) in [6, 6.07) is 2.27.